The third-order valence-corrected chi connectivity index (χ3v) is 3.53. The second-order valence-corrected chi connectivity index (χ2v) is 5.05. The number of nitrogens with zero attached hydrogens (tertiary/aromatic N) is 1. The molecule has 98 valence electrons. The van der Waals surface area contributed by atoms with E-state index >= 15 is 0 Å². The summed E-state index contributed by atoms with van der Waals surface area (Å²) in [5, 5.41) is 5.47. The van der Waals surface area contributed by atoms with Gasteiger partial charge in [-0.1, -0.05) is 49.6 Å². The van der Waals surface area contributed by atoms with Crippen molar-refractivity contribution in [2.45, 2.75) is 32.7 Å². The maximum Gasteiger partial charge on any atom is 0.0661 e. The molecule has 0 radical (unpaired) electrons. The monoisotopic (exact) mass is 264 g/mol. The van der Waals surface area contributed by atoms with Crippen LogP contribution in [0.4, 0.5) is 0 Å². The lowest BCUT2D eigenvalue weighted by Gasteiger charge is -2.06. The number of aromatic nitrogens is 1. The van der Waals surface area contributed by atoms with Crippen LogP contribution >= 0.6 is 11.6 Å². The first-order valence-electron chi connectivity index (χ1n) is 6.77. The van der Waals surface area contributed by atoms with E-state index in [0.29, 0.717) is 0 Å². The molecule has 1 aromatic heterocycles. The number of nitrogens with one attached hydrogen (secondary N) is 1. The number of unbranched alkanes of at least 4 members (excludes halogenated alkanes) is 2. The van der Waals surface area contributed by atoms with Crippen LogP contribution in [0.3, 0.4) is 0 Å². The summed E-state index contributed by atoms with van der Waals surface area (Å²) in [4.78, 5) is 0. The van der Waals surface area contributed by atoms with Gasteiger partial charge in [0.25, 0.3) is 0 Å². The Morgan fingerprint density at radius 2 is 2.00 bits per heavy atom. The Balaban J connectivity index is 1.88. The minimum atomic E-state index is 0.844. The molecule has 0 bridgehead atoms. The molecule has 0 saturated carbocycles. The van der Waals surface area contributed by atoms with Crippen LogP contribution in [-0.4, -0.2) is 17.7 Å². The number of hydrogen-bond acceptors (Lipinski definition) is 1. The molecule has 0 spiro atoms. The van der Waals surface area contributed by atoms with Gasteiger partial charge in [-0.05, 0) is 19.0 Å². The molecule has 2 nitrogen and oxygen atoms in total. The Bertz CT molecular complexity index is 490. The van der Waals surface area contributed by atoms with E-state index in [2.05, 4.69) is 35.0 Å². The van der Waals surface area contributed by atoms with Crippen molar-refractivity contribution in [2.75, 3.05) is 13.1 Å². The molecular weight excluding hydrogens is 244 g/mol. The summed E-state index contributed by atoms with van der Waals surface area (Å²) in [5.74, 6) is 0. The van der Waals surface area contributed by atoms with Crippen LogP contribution in [0.2, 0.25) is 5.02 Å². The van der Waals surface area contributed by atoms with Crippen molar-refractivity contribution < 1.29 is 0 Å². The van der Waals surface area contributed by atoms with Gasteiger partial charge in [0.05, 0.1) is 5.02 Å². The maximum atomic E-state index is 6.22. The normalized spacial score (nSPS) is 11.2. The van der Waals surface area contributed by atoms with Crippen molar-refractivity contribution in [1.82, 2.24) is 9.88 Å². The van der Waals surface area contributed by atoms with Gasteiger partial charge in [-0.25, -0.2) is 0 Å². The topological polar surface area (TPSA) is 17.0 Å². The van der Waals surface area contributed by atoms with Crippen LogP contribution in [0.1, 0.15) is 26.2 Å². The van der Waals surface area contributed by atoms with E-state index < -0.39 is 0 Å². The summed E-state index contributed by atoms with van der Waals surface area (Å²) < 4.78 is 2.23. The summed E-state index contributed by atoms with van der Waals surface area (Å²) in [6.07, 6.45) is 5.88. The van der Waals surface area contributed by atoms with Crippen LogP contribution in [0.25, 0.3) is 10.9 Å². The SMILES string of the molecule is CCCCCNCCn1cc(Cl)c2ccccc21. The molecule has 18 heavy (non-hydrogen) atoms. The highest BCUT2D eigenvalue weighted by molar-refractivity contribution is 6.35. The van der Waals surface area contributed by atoms with Crippen LogP contribution < -0.4 is 5.32 Å². The first-order chi connectivity index (χ1) is 8.83. The summed E-state index contributed by atoms with van der Waals surface area (Å²) >= 11 is 6.22. The lowest BCUT2D eigenvalue weighted by atomic mass is 10.2. The van der Waals surface area contributed by atoms with Crippen LogP contribution in [0.5, 0.6) is 0 Å². The minimum Gasteiger partial charge on any atom is -0.345 e. The lowest BCUT2D eigenvalue weighted by molar-refractivity contribution is 0.577. The fourth-order valence-corrected chi connectivity index (χ4v) is 2.49. The van der Waals surface area contributed by atoms with Crippen LogP contribution in [0, 0.1) is 0 Å². The molecule has 2 rings (SSSR count). The molecule has 0 amide bonds. The van der Waals surface area contributed by atoms with Crippen molar-refractivity contribution in [3.63, 3.8) is 0 Å². The zero-order valence-electron chi connectivity index (χ0n) is 11.0. The molecule has 1 N–H and O–H groups in total. The van der Waals surface area contributed by atoms with E-state index in [0.717, 1.165) is 30.0 Å². The molecule has 1 heterocycles. The molecule has 0 aliphatic heterocycles. The summed E-state index contributed by atoms with van der Waals surface area (Å²) in [6.45, 7) is 5.31. The fourth-order valence-electron chi connectivity index (χ4n) is 2.21. The highest BCUT2D eigenvalue weighted by Gasteiger charge is 2.04. The zero-order chi connectivity index (χ0) is 12.8. The lowest BCUT2D eigenvalue weighted by Crippen LogP contribution is -2.20. The van der Waals surface area contributed by atoms with Gasteiger partial charge in [0.1, 0.15) is 0 Å². The number of para-hydroxylation sites is 1. The molecule has 1 aromatic carbocycles. The predicted molar refractivity (Wildman–Crippen MR) is 79.3 cm³/mol. The van der Waals surface area contributed by atoms with Crippen molar-refractivity contribution in [2.24, 2.45) is 0 Å². The summed E-state index contributed by atoms with van der Waals surface area (Å²) in [7, 11) is 0. The molecule has 0 aliphatic carbocycles. The molecule has 3 heteroatoms. The van der Waals surface area contributed by atoms with Gasteiger partial charge < -0.3 is 9.88 Å². The van der Waals surface area contributed by atoms with Crippen LogP contribution in [-0.2, 0) is 6.54 Å². The zero-order valence-corrected chi connectivity index (χ0v) is 11.7. The van der Waals surface area contributed by atoms with Gasteiger partial charge in [-0.2, -0.15) is 0 Å². The van der Waals surface area contributed by atoms with Crippen LogP contribution in [0.15, 0.2) is 30.5 Å². The molecular formula is C15H21ClN2. The Morgan fingerprint density at radius 1 is 1.17 bits per heavy atom. The molecule has 2 aromatic rings. The molecule has 0 aliphatic rings. The van der Waals surface area contributed by atoms with E-state index in [1.54, 1.807) is 0 Å². The Hall–Kier alpha value is -0.990. The first-order valence-corrected chi connectivity index (χ1v) is 7.15. The smallest absolute Gasteiger partial charge is 0.0661 e. The van der Waals surface area contributed by atoms with Gasteiger partial charge in [0.2, 0.25) is 0 Å². The molecule has 0 unspecified atom stereocenters. The highest BCUT2D eigenvalue weighted by Crippen LogP contribution is 2.25. The number of rotatable bonds is 7. The van der Waals surface area contributed by atoms with E-state index in [1.165, 1.54) is 24.8 Å². The standard InChI is InChI=1S/C15H21ClN2/c1-2-3-6-9-17-10-11-18-12-14(16)13-7-4-5-8-15(13)18/h4-5,7-8,12,17H,2-3,6,9-11H2,1H3. The van der Waals surface area contributed by atoms with E-state index in [-0.39, 0.29) is 0 Å². The minimum absolute atomic E-state index is 0.844. The van der Waals surface area contributed by atoms with E-state index in [9.17, 15) is 0 Å². The second-order valence-electron chi connectivity index (χ2n) is 4.64. The number of hydrogen-bond donors (Lipinski definition) is 1. The second kappa shape index (κ2) is 6.81. The third kappa shape index (κ3) is 3.27. The van der Waals surface area contributed by atoms with Crippen molar-refractivity contribution in [3.05, 3.63) is 35.5 Å². The largest absolute Gasteiger partial charge is 0.345 e. The van der Waals surface area contributed by atoms with Gasteiger partial charge >= 0.3 is 0 Å². The quantitative estimate of drug-likeness (QED) is 0.746. The Morgan fingerprint density at radius 3 is 2.83 bits per heavy atom. The van der Waals surface area contributed by atoms with Gasteiger partial charge in [-0.15, -0.1) is 0 Å². The van der Waals surface area contributed by atoms with Gasteiger partial charge in [0, 0.05) is 30.2 Å². The first kappa shape index (κ1) is 13.4. The average molecular weight is 265 g/mol. The summed E-state index contributed by atoms with van der Waals surface area (Å²) in [6, 6.07) is 8.28. The average Bonchev–Trinajstić information content (AvgIpc) is 2.71. The van der Waals surface area contributed by atoms with Crippen molar-refractivity contribution >= 4 is 22.5 Å². The molecule has 0 fully saturated rings. The van der Waals surface area contributed by atoms with E-state index in [4.69, 9.17) is 11.6 Å². The third-order valence-electron chi connectivity index (χ3n) is 3.23. The maximum absolute atomic E-state index is 6.22. The van der Waals surface area contributed by atoms with Crippen molar-refractivity contribution in [1.29, 1.82) is 0 Å². The fraction of sp³-hybridized carbons (Fsp3) is 0.467. The number of fused-ring (bicyclic) bond motifs is 1. The number of benzene rings is 1. The Labute approximate surface area is 114 Å². The van der Waals surface area contributed by atoms with Crippen molar-refractivity contribution in [3.8, 4) is 0 Å². The summed E-state index contributed by atoms with van der Waals surface area (Å²) in [5.41, 5.74) is 1.22. The molecule has 0 saturated heterocycles. The number of halogens is 1. The highest BCUT2D eigenvalue weighted by atomic mass is 35.5. The van der Waals surface area contributed by atoms with Gasteiger partial charge in [-0.3, -0.25) is 0 Å². The van der Waals surface area contributed by atoms with Gasteiger partial charge in [0.15, 0.2) is 0 Å². The van der Waals surface area contributed by atoms with E-state index in [1.807, 2.05) is 12.3 Å². The Kier molecular flexibility index (Phi) is 5.09. The molecule has 0 atom stereocenters. The predicted octanol–water partition coefficient (Wildman–Crippen LogP) is 4.07.